The standard InChI is InChI=1S/C11H11NO2/c1-8-7-10(13)14-11(12-8)9-5-3-2-4-6-9/h2-6,8H,7H2,1H3/t8-/m1/s1. The minimum Gasteiger partial charge on any atom is -0.407 e. The van der Waals surface area contributed by atoms with Gasteiger partial charge in [0.05, 0.1) is 12.5 Å². The Morgan fingerprint density at radius 3 is 2.71 bits per heavy atom. The van der Waals surface area contributed by atoms with Gasteiger partial charge >= 0.3 is 5.97 Å². The summed E-state index contributed by atoms with van der Waals surface area (Å²) in [6.07, 6.45) is 0.371. The van der Waals surface area contributed by atoms with Crippen LogP contribution in [-0.2, 0) is 9.53 Å². The molecule has 3 heteroatoms. The molecule has 1 atom stereocenters. The van der Waals surface area contributed by atoms with Gasteiger partial charge in [-0.2, -0.15) is 0 Å². The molecule has 14 heavy (non-hydrogen) atoms. The molecule has 0 fully saturated rings. The van der Waals surface area contributed by atoms with Crippen LogP contribution in [0.15, 0.2) is 35.3 Å². The molecule has 2 rings (SSSR count). The van der Waals surface area contributed by atoms with Crippen LogP contribution in [-0.4, -0.2) is 17.9 Å². The Balaban J connectivity index is 2.31. The van der Waals surface area contributed by atoms with Crippen molar-refractivity contribution in [1.82, 2.24) is 0 Å². The van der Waals surface area contributed by atoms with Crippen LogP contribution in [0.25, 0.3) is 0 Å². The van der Waals surface area contributed by atoms with Gasteiger partial charge in [0.25, 0.3) is 0 Å². The predicted octanol–water partition coefficient (Wildman–Crippen LogP) is 1.77. The third-order valence-electron chi connectivity index (χ3n) is 2.03. The number of ether oxygens (including phenoxy) is 1. The summed E-state index contributed by atoms with van der Waals surface area (Å²) in [5, 5.41) is 0. The first-order valence-electron chi connectivity index (χ1n) is 4.59. The largest absolute Gasteiger partial charge is 0.407 e. The Labute approximate surface area is 82.4 Å². The van der Waals surface area contributed by atoms with E-state index in [4.69, 9.17) is 4.74 Å². The van der Waals surface area contributed by atoms with Crippen molar-refractivity contribution in [2.75, 3.05) is 0 Å². The number of rotatable bonds is 1. The van der Waals surface area contributed by atoms with E-state index in [1.807, 2.05) is 37.3 Å². The molecule has 0 aliphatic carbocycles. The van der Waals surface area contributed by atoms with Gasteiger partial charge in [-0.1, -0.05) is 18.2 Å². The number of hydrogen-bond donors (Lipinski definition) is 0. The van der Waals surface area contributed by atoms with E-state index in [2.05, 4.69) is 4.99 Å². The van der Waals surface area contributed by atoms with E-state index in [9.17, 15) is 4.79 Å². The van der Waals surface area contributed by atoms with Crippen molar-refractivity contribution in [2.45, 2.75) is 19.4 Å². The number of carbonyl (C=O) groups is 1. The zero-order valence-electron chi connectivity index (χ0n) is 7.93. The number of nitrogens with zero attached hydrogens (tertiary/aromatic N) is 1. The summed E-state index contributed by atoms with van der Waals surface area (Å²) in [5.74, 6) is 0.237. The average molecular weight is 189 g/mol. The first-order valence-corrected chi connectivity index (χ1v) is 4.59. The summed E-state index contributed by atoms with van der Waals surface area (Å²) in [6, 6.07) is 9.48. The van der Waals surface area contributed by atoms with Crippen molar-refractivity contribution in [3.05, 3.63) is 35.9 Å². The van der Waals surface area contributed by atoms with E-state index in [1.165, 1.54) is 0 Å². The number of benzene rings is 1. The van der Waals surface area contributed by atoms with Crippen molar-refractivity contribution in [2.24, 2.45) is 4.99 Å². The molecular formula is C11H11NO2. The fraction of sp³-hybridized carbons (Fsp3) is 0.273. The van der Waals surface area contributed by atoms with E-state index in [0.29, 0.717) is 12.3 Å². The molecule has 0 amide bonds. The summed E-state index contributed by atoms with van der Waals surface area (Å²) < 4.78 is 5.05. The second kappa shape index (κ2) is 3.62. The molecule has 1 aromatic carbocycles. The first-order chi connectivity index (χ1) is 6.75. The highest BCUT2D eigenvalue weighted by Gasteiger charge is 2.20. The topological polar surface area (TPSA) is 38.7 Å². The lowest BCUT2D eigenvalue weighted by molar-refractivity contribution is -0.136. The summed E-state index contributed by atoms with van der Waals surface area (Å²) in [4.78, 5) is 15.4. The van der Waals surface area contributed by atoms with Gasteiger partial charge in [0.15, 0.2) is 0 Å². The normalized spacial score (nSPS) is 21.4. The quantitative estimate of drug-likeness (QED) is 0.631. The van der Waals surface area contributed by atoms with Gasteiger partial charge in [0.2, 0.25) is 5.90 Å². The summed E-state index contributed by atoms with van der Waals surface area (Å²) in [6.45, 7) is 1.91. The molecule has 0 N–H and O–H groups in total. The molecule has 0 radical (unpaired) electrons. The monoisotopic (exact) mass is 189 g/mol. The van der Waals surface area contributed by atoms with E-state index in [1.54, 1.807) is 0 Å². The molecule has 0 bridgehead atoms. The molecule has 1 aromatic rings. The number of aliphatic imine (C=N–C) groups is 1. The molecule has 1 aliphatic rings. The van der Waals surface area contributed by atoms with Gasteiger partial charge in [-0.15, -0.1) is 0 Å². The molecule has 72 valence electrons. The maximum Gasteiger partial charge on any atom is 0.314 e. The van der Waals surface area contributed by atoms with Crippen molar-refractivity contribution in [3.63, 3.8) is 0 Å². The molecular weight excluding hydrogens is 178 g/mol. The van der Waals surface area contributed by atoms with Gasteiger partial charge in [-0.25, -0.2) is 4.99 Å². The van der Waals surface area contributed by atoms with Gasteiger partial charge in [0.1, 0.15) is 0 Å². The van der Waals surface area contributed by atoms with Crippen LogP contribution in [0.5, 0.6) is 0 Å². The number of esters is 1. The third-order valence-corrected chi connectivity index (χ3v) is 2.03. The molecule has 0 saturated heterocycles. The maximum atomic E-state index is 11.2. The van der Waals surface area contributed by atoms with Gasteiger partial charge in [-0.3, -0.25) is 4.79 Å². The Bertz CT molecular complexity index is 370. The smallest absolute Gasteiger partial charge is 0.314 e. The second-order valence-electron chi connectivity index (χ2n) is 3.33. The lowest BCUT2D eigenvalue weighted by Crippen LogP contribution is -2.24. The van der Waals surface area contributed by atoms with Crippen LogP contribution in [0.4, 0.5) is 0 Å². The molecule has 3 nitrogen and oxygen atoms in total. The van der Waals surface area contributed by atoms with E-state index < -0.39 is 0 Å². The van der Waals surface area contributed by atoms with Crippen molar-refractivity contribution in [1.29, 1.82) is 0 Å². The molecule has 1 aliphatic heterocycles. The molecule has 0 spiro atoms. The fourth-order valence-corrected chi connectivity index (χ4v) is 1.38. The zero-order chi connectivity index (χ0) is 9.97. The predicted molar refractivity (Wildman–Crippen MR) is 53.2 cm³/mol. The Morgan fingerprint density at radius 1 is 1.36 bits per heavy atom. The first kappa shape index (κ1) is 8.94. The van der Waals surface area contributed by atoms with Crippen LogP contribution in [0.1, 0.15) is 18.9 Å². The highest BCUT2D eigenvalue weighted by atomic mass is 16.5. The third kappa shape index (κ3) is 1.82. The van der Waals surface area contributed by atoms with Crippen LogP contribution in [0.3, 0.4) is 0 Å². The Kier molecular flexibility index (Phi) is 2.31. The van der Waals surface area contributed by atoms with Gasteiger partial charge in [0, 0.05) is 5.56 Å². The average Bonchev–Trinajstić information content (AvgIpc) is 2.18. The van der Waals surface area contributed by atoms with Crippen molar-refractivity contribution >= 4 is 11.9 Å². The number of carbonyl (C=O) groups excluding carboxylic acids is 1. The molecule has 0 saturated carbocycles. The summed E-state index contributed by atoms with van der Waals surface area (Å²) in [5.41, 5.74) is 0.854. The Morgan fingerprint density at radius 2 is 2.07 bits per heavy atom. The van der Waals surface area contributed by atoms with Crippen LogP contribution in [0, 0.1) is 0 Å². The highest BCUT2D eigenvalue weighted by Crippen LogP contribution is 2.12. The maximum absolute atomic E-state index is 11.2. The molecule has 0 aromatic heterocycles. The SMILES string of the molecule is C[C@@H]1CC(=O)OC(c2ccccc2)=N1. The lowest BCUT2D eigenvalue weighted by atomic mass is 10.2. The second-order valence-corrected chi connectivity index (χ2v) is 3.33. The Hall–Kier alpha value is -1.64. The van der Waals surface area contributed by atoms with Crippen molar-refractivity contribution < 1.29 is 9.53 Å². The molecule has 1 heterocycles. The molecule has 0 unspecified atom stereocenters. The van der Waals surface area contributed by atoms with Crippen LogP contribution in [0.2, 0.25) is 0 Å². The highest BCUT2D eigenvalue weighted by molar-refractivity contribution is 6.01. The van der Waals surface area contributed by atoms with E-state index >= 15 is 0 Å². The summed E-state index contributed by atoms with van der Waals surface area (Å²) >= 11 is 0. The lowest BCUT2D eigenvalue weighted by Gasteiger charge is -2.16. The minimum absolute atomic E-state index is 0.0199. The van der Waals surface area contributed by atoms with Crippen molar-refractivity contribution in [3.8, 4) is 0 Å². The van der Waals surface area contributed by atoms with E-state index in [-0.39, 0.29) is 12.0 Å². The zero-order valence-corrected chi connectivity index (χ0v) is 7.93. The van der Waals surface area contributed by atoms with Crippen LogP contribution >= 0.6 is 0 Å². The van der Waals surface area contributed by atoms with Crippen LogP contribution < -0.4 is 0 Å². The minimum atomic E-state index is -0.202. The van der Waals surface area contributed by atoms with Gasteiger partial charge in [-0.05, 0) is 19.1 Å². The number of hydrogen-bond acceptors (Lipinski definition) is 3. The van der Waals surface area contributed by atoms with E-state index in [0.717, 1.165) is 5.56 Å². The van der Waals surface area contributed by atoms with Gasteiger partial charge < -0.3 is 4.74 Å². The summed E-state index contributed by atoms with van der Waals surface area (Å²) in [7, 11) is 0. The fourth-order valence-electron chi connectivity index (χ4n) is 1.38. The number of cyclic esters (lactones) is 1.